The fourth-order valence-corrected chi connectivity index (χ4v) is 1.30. The maximum Gasteiger partial charge on any atom is 0.150 e. The third-order valence-electron chi connectivity index (χ3n) is 1.46. The lowest BCUT2D eigenvalue weighted by atomic mass is 10.1. The summed E-state index contributed by atoms with van der Waals surface area (Å²) in [6.45, 7) is 1.79. The summed E-state index contributed by atoms with van der Waals surface area (Å²) in [5, 5.41) is 9.20. The number of halogens is 1. The lowest BCUT2D eigenvalue weighted by Gasteiger charge is -2.00. The summed E-state index contributed by atoms with van der Waals surface area (Å²) in [7, 11) is 0. The first kappa shape index (κ1) is 8.52. The van der Waals surface area contributed by atoms with Crippen LogP contribution in [0.25, 0.3) is 0 Å². The van der Waals surface area contributed by atoms with Crippen LogP contribution >= 0.6 is 22.6 Å². The molecule has 1 rings (SSSR count). The van der Waals surface area contributed by atoms with E-state index < -0.39 is 0 Å². The monoisotopic (exact) mass is 262 g/mol. The molecular weight excluding hydrogens is 255 g/mol. The number of phenolic OH excluding ortho intramolecular Hbond substituents is 1. The Morgan fingerprint density at radius 1 is 1.55 bits per heavy atom. The van der Waals surface area contributed by atoms with Gasteiger partial charge in [0, 0.05) is 5.56 Å². The molecule has 0 aromatic heterocycles. The summed E-state index contributed by atoms with van der Waals surface area (Å²) in [5.74, 6) is 0.230. The number of hydrogen-bond acceptors (Lipinski definition) is 2. The van der Waals surface area contributed by atoms with Crippen LogP contribution in [0.2, 0.25) is 0 Å². The first-order valence-electron chi connectivity index (χ1n) is 3.09. The van der Waals surface area contributed by atoms with Gasteiger partial charge in [-0.05, 0) is 47.2 Å². The molecule has 0 amide bonds. The van der Waals surface area contributed by atoms with Gasteiger partial charge >= 0.3 is 0 Å². The maximum atomic E-state index is 10.4. The third-order valence-corrected chi connectivity index (χ3v) is 2.33. The molecule has 0 saturated heterocycles. The highest BCUT2D eigenvalue weighted by atomic mass is 127. The largest absolute Gasteiger partial charge is 0.507 e. The Morgan fingerprint density at radius 3 is 2.73 bits per heavy atom. The van der Waals surface area contributed by atoms with Crippen LogP contribution in [0.4, 0.5) is 0 Å². The first-order valence-corrected chi connectivity index (χ1v) is 4.17. The predicted octanol–water partition coefficient (Wildman–Crippen LogP) is 2.12. The van der Waals surface area contributed by atoms with Crippen molar-refractivity contribution in [2.24, 2.45) is 0 Å². The Labute approximate surface area is 78.4 Å². The average Bonchev–Trinajstić information content (AvgIpc) is 1.97. The van der Waals surface area contributed by atoms with E-state index in [4.69, 9.17) is 0 Å². The molecule has 0 heterocycles. The van der Waals surface area contributed by atoms with E-state index in [1.54, 1.807) is 19.1 Å². The molecule has 0 aliphatic heterocycles. The summed E-state index contributed by atoms with van der Waals surface area (Å²) in [4.78, 5) is 10.4. The van der Waals surface area contributed by atoms with E-state index in [9.17, 15) is 9.90 Å². The normalized spacial score (nSPS) is 9.64. The van der Waals surface area contributed by atoms with Gasteiger partial charge in [-0.3, -0.25) is 4.79 Å². The van der Waals surface area contributed by atoms with Gasteiger partial charge in [0.2, 0.25) is 0 Å². The zero-order chi connectivity index (χ0) is 8.43. The van der Waals surface area contributed by atoms with Crippen molar-refractivity contribution in [2.45, 2.75) is 6.92 Å². The van der Waals surface area contributed by atoms with E-state index in [2.05, 4.69) is 0 Å². The van der Waals surface area contributed by atoms with E-state index in [1.807, 2.05) is 22.6 Å². The number of aldehydes is 1. The lowest BCUT2D eigenvalue weighted by molar-refractivity contribution is 0.112. The van der Waals surface area contributed by atoms with Crippen LogP contribution in [0.15, 0.2) is 12.1 Å². The second kappa shape index (κ2) is 3.21. The highest BCUT2D eigenvalue weighted by Crippen LogP contribution is 2.22. The smallest absolute Gasteiger partial charge is 0.150 e. The summed E-state index contributed by atoms with van der Waals surface area (Å²) in [5.41, 5.74) is 1.44. The van der Waals surface area contributed by atoms with E-state index in [1.165, 1.54) is 0 Å². The van der Waals surface area contributed by atoms with Gasteiger partial charge in [-0.1, -0.05) is 0 Å². The number of aromatic hydroxyl groups is 1. The van der Waals surface area contributed by atoms with Gasteiger partial charge in [0.15, 0.2) is 0 Å². The molecule has 0 fully saturated rings. The van der Waals surface area contributed by atoms with Crippen molar-refractivity contribution >= 4 is 28.9 Å². The fourth-order valence-electron chi connectivity index (χ4n) is 0.809. The van der Waals surface area contributed by atoms with E-state index in [-0.39, 0.29) is 5.75 Å². The minimum atomic E-state index is 0.230. The fraction of sp³-hybridized carbons (Fsp3) is 0.125. The Balaban J connectivity index is 3.31. The van der Waals surface area contributed by atoms with Gasteiger partial charge in [0.25, 0.3) is 0 Å². The number of benzene rings is 1. The molecule has 0 radical (unpaired) electrons. The van der Waals surface area contributed by atoms with Gasteiger partial charge in [0.05, 0.1) is 3.57 Å². The van der Waals surface area contributed by atoms with Crippen LogP contribution in [-0.4, -0.2) is 11.4 Å². The van der Waals surface area contributed by atoms with Gasteiger partial charge < -0.3 is 5.11 Å². The summed E-state index contributed by atoms with van der Waals surface area (Å²) in [6.07, 6.45) is 0.789. The van der Waals surface area contributed by atoms with Crippen molar-refractivity contribution in [3.05, 3.63) is 26.8 Å². The van der Waals surface area contributed by atoms with Gasteiger partial charge in [0.1, 0.15) is 12.0 Å². The van der Waals surface area contributed by atoms with Crippen molar-refractivity contribution in [1.82, 2.24) is 0 Å². The Kier molecular flexibility index (Phi) is 2.49. The van der Waals surface area contributed by atoms with Crippen LogP contribution in [0.5, 0.6) is 5.75 Å². The van der Waals surface area contributed by atoms with Crippen molar-refractivity contribution in [3.63, 3.8) is 0 Å². The minimum absolute atomic E-state index is 0.230. The molecule has 0 unspecified atom stereocenters. The topological polar surface area (TPSA) is 37.3 Å². The molecule has 0 bridgehead atoms. The summed E-state index contributed by atoms with van der Waals surface area (Å²) >= 11 is 1.98. The number of carbonyl (C=O) groups is 1. The van der Waals surface area contributed by atoms with Crippen LogP contribution in [0.3, 0.4) is 0 Å². The second-order valence-corrected chi connectivity index (χ2v) is 3.44. The average molecular weight is 262 g/mol. The highest BCUT2D eigenvalue weighted by Gasteiger charge is 2.02. The van der Waals surface area contributed by atoms with Crippen LogP contribution < -0.4 is 0 Å². The van der Waals surface area contributed by atoms with Crippen LogP contribution in [0.1, 0.15) is 15.9 Å². The molecule has 58 valence electrons. The number of aryl methyl sites for hydroxylation is 1. The molecule has 0 saturated carbocycles. The minimum Gasteiger partial charge on any atom is -0.507 e. The molecule has 11 heavy (non-hydrogen) atoms. The SMILES string of the molecule is Cc1cc(O)c(I)cc1C=O. The maximum absolute atomic E-state index is 10.4. The van der Waals surface area contributed by atoms with E-state index >= 15 is 0 Å². The van der Waals surface area contributed by atoms with Crippen molar-refractivity contribution in [1.29, 1.82) is 0 Å². The molecule has 0 spiro atoms. The molecule has 0 aliphatic rings. The van der Waals surface area contributed by atoms with Crippen molar-refractivity contribution in [3.8, 4) is 5.75 Å². The Bertz CT molecular complexity index is 294. The summed E-state index contributed by atoms with van der Waals surface area (Å²) in [6, 6.07) is 3.25. The summed E-state index contributed by atoms with van der Waals surface area (Å²) < 4.78 is 0.704. The van der Waals surface area contributed by atoms with Gasteiger partial charge in [-0.2, -0.15) is 0 Å². The molecule has 3 heteroatoms. The third kappa shape index (κ3) is 1.71. The second-order valence-electron chi connectivity index (χ2n) is 2.28. The van der Waals surface area contributed by atoms with Gasteiger partial charge in [-0.15, -0.1) is 0 Å². The van der Waals surface area contributed by atoms with Crippen molar-refractivity contribution in [2.75, 3.05) is 0 Å². The predicted molar refractivity (Wildman–Crippen MR) is 50.9 cm³/mol. The molecule has 0 aliphatic carbocycles. The molecule has 1 N–H and O–H groups in total. The number of phenols is 1. The van der Waals surface area contributed by atoms with E-state index in [0.29, 0.717) is 9.13 Å². The molecule has 2 nitrogen and oxygen atoms in total. The molecule has 1 aromatic rings. The number of carbonyl (C=O) groups excluding carboxylic acids is 1. The van der Waals surface area contributed by atoms with Crippen LogP contribution in [0, 0.1) is 10.5 Å². The number of rotatable bonds is 1. The lowest BCUT2D eigenvalue weighted by Crippen LogP contribution is -1.87. The molecule has 1 aromatic carbocycles. The standard InChI is InChI=1S/C8H7IO2/c1-5-2-8(11)7(9)3-6(5)4-10/h2-4,11H,1H3. The molecular formula is C8H7IO2. The molecule has 0 atom stereocenters. The quantitative estimate of drug-likeness (QED) is 0.621. The number of hydrogen-bond donors (Lipinski definition) is 1. The van der Waals surface area contributed by atoms with Crippen molar-refractivity contribution < 1.29 is 9.90 Å². The Morgan fingerprint density at radius 2 is 2.18 bits per heavy atom. The zero-order valence-electron chi connectivity index (χ0n) is 5.97. The zero-order valence-corrected chi connectivity index (χ0v) is 8.12. The van der Waals surface area contributed by atoms with E-state index in [0.717, 1.165) is 11.8 Å². The highest BCUT2D eigenvalue weighted by molar-refractivity contribution is 14.1. The van der Waals surface area contributed by atoms with Crippen LogP contribution in [-0.2, 0) is 0 Å². The van der Waals surface area contributed by atoms with Gasteiger partial charge in [-0.25, -0.2) is 0 Å². The first-order chi connectivity index (χ1) is 5.15. The Hall–Kier alpha value is -0.580.